The third-order valence-corrected chi connectivity index (χ3v) is 5.63. The van der Waals surface area contributed by atoms with Crippen molar-refractivity contribution in [3.63, 3.8) is 0 Å². The van der Waals surface area contributed by atoms with Gasteiger partial charge in [0.05, 0.1) is 21.6 Å². The van der Waals surface area contributed by atoms with Gasteiger partial charge >= 0.3 is 11.9 Å². The van der Waals surface area contributed by atoms with Crippen molar-refractivity contribution in [3.05, 3.63) is 24.1 Å². The van der Waals surface area contributed by atoms with Gasteiger partial charge < -0.3 is 25.1 Å². The summed E-state index contributed by atoms with van der Waals surface area (Å²) < 4.78 is 42.3. The molecular weight excluding hydrogens is 406 g/mol. The molecule has 1 saturated heterocycles. The van der Waals surface area contributed by atoms with E-state index in [1.807, 2.05) is 6.07 Å². The zero-order valence-electron chi connectivity index (χ0n) is 19.2. The van der Waals surface area contributed by atoms with Gasteiger partial charge in [0, 0.05) is 0 Å². The van der Waals surface area contributed by atoms with E-state index in [2.05, 4.69) is 10.1 Å². The summed E-state index contributed by atoms with van der Waals surface area (Å²) in [4.78, 5) is 28.5. The Morgan fingerprint density at radius 3 is 2.81 bits per heavy atom. The second kappa shape index (κ2) is 7.18. The van der Waals surface area contributed by atoms with Crippen LogP contribution in [0.4, 0.5) is 5.82 Å². The SMILES string of the molecule is [2H]c1cc([C@]2(C#N)O[C@H](C([2H])([2H])OC(=O)C3CC3)[C@@H](OC(=O)C3CC3)[C@H]2O)n2ncnc(N)c12. The van der Waals surface area contributed by atoms with Gasteiger partial charge in [-0.1, -0.05) is 0 Å². The number of nitrogens with two attached hydrogens (primary N) is 1. The van der Waals surface area contributed by atoms with E-state index < -0.39 is 54.2 Å². The number of fused-ring (bicyclic) bond motifs is 1. The third-order valence-electron chi connectivity index (χ3n) is 5.63. The molecule has 11 heteroatoms. The zero-order valence-corrected chi connectivity index (χ0v) is 16.2. The van der Waals surface area contributed by atoms with Crippen LogP contribution in [0.25, 0.3) is 5.52 Å². The Morgan fingerprint density at radius 2 is 2.13 bits per heavy atom. The Labute approximate surface area is 180 Å². The summed E-state index contributed by atoms with van der Waals surface area (Å²) in [7, 11) is 0. The first kappa shape index (κ1) is 16.5. The molecule has 2 aliphatic carbocycles. The van der Waals surface area contributed by atoms with Crippen molar-refractivity contribution >= 4 is 23.3 Å². The van der Waals surface area contributed by atoms with Gasteiger partial charge in [0.15, 0.2) is 11.9 Å². The van der Waals surface area contributed by atoms with Crippen molar-refractivity contribution in [3.8, 4) is 6.07 Å². The van der Waals surface area contributed by atoms with Crippen LogP contribution in [-0.4, -0.2) is 56.5 Å². The molecule has 3 N–H and O–H groups in total. The fourth-order valence-corrected chi connectivity index (χ4v) is 3.53. The number of nitrogens with zero attached hydrogens (tertiary/aromatic N) is 4. The number of nitrogen functional groups attached to an aromatic ring is 1. The van der Waals surface area contributed by atoms with E-state index in [0.717, 1.165) is 10.8 Å². The van der Waals surface area contributed by atoms with E-state index >= 15 is 0 Å². The second-order valence-corrected chi connectivity index (χ2v) is 7.90. The number of aromatic nitrogens is 3. The van der Waals surface area contributed by atoms with Gasteiger partial charge in [-0.15, -0.1) is 0 Å². The molecule has 3 heterocycles. The number of carbonyl (C=O) groups excluding carboxylic acids is 2. The van der Waals surface area contributed by atoms with Crippen molar-refractivity contribution in [1.82, 2.24) is 14.6 Å². The highest BCUT2D eigenvalue weighted by Gasteiger charge is 2.60. The first-order valence-corrected chi connectivity index (χ1v) is 9.89. The van der Waals surface area contributed by atoms with E-state index in [1.165, 1.54) is 6.07 Å². The lowest BCUT2D eigenvalue weighted by Crippen LogP contribution is -2.43. The normalized spacial score (nSPS) is 32.0. The highest BCUT2D eigenvalue weighted by atomic mass is 16.6. The summed E-state index contributed by atoms with van der Waals surface area (Å²) in [6.07, 6.45) is -2.06. The average molecular weight is 430 g/mol. The molecule has 11 nitrogen and oxygen atoms in total. The van der Waals surface area contributed by atoms with Crippen LogP contribution in [0.2, 0.25) is 0 Å². The molecule has 2 saturated carbocycles. The lowest BCUT2D eigenvalue weighted by atomic mass is 9.92. The molecule has 1 aliphatic heterocycles. The smallest absolute Gasteiger partial charge is 0.309 e. The zero-order chi connectivity index (χ0) is 24.4. The summed E-state index contributed by atoms with van der Waals surface area (Å²) in [6.45, 7) is -2.85. The van der Waals surface area contributed by atoms with Crippen LogP contribution in [0.15, 0.2) is 18.4 Å². The third kappa shape index (κ3) is 3.28. The van der Waals surface area contributed by atoms with E-state index in [4.69, 9.17) is 24.1 Å². The lowest BCUT2D eigenvalue weighted by molar-refractivity contribution is -0.161. The van der Waals surface area contributed by atoms with Crippen LogP contribution in [0.3, 0.4) is 0 Å². The summed E-state index contributed by atoms with van der Waals surface area (Å²) in [5, 5.41) is 25.4. The van der Waals surface area contributed by atoms with Crippen LogP contribution in [0.5, 0.6) is 0 Å². The molecule has 0 unspecified atom stereocenters. The molecule has 0 spiro atoms. The topological polar surface area (TPSA) is 162 Å². The number of carbonyl (C=O) groups is 2. The number of hydrogen-bond donors (Lipinski definition) is 2. The quantitative estimate of drug-likeness (QED) is 0.599. The predicted molar refractivity (Wildman–Crippen MR) is 102 cm³/mol. The Morgan fingerprint density at radius 1 is 1.42 bits per heavy atom. The van der Waals surface area contributed by atoms with Crippen molar-refractivity contribution in [1.29, 1.82) is 5.26 Å². The number of aliphatic hydroxyl groups is 1. The van der Waals surface area contributed by atoms with Gasteiger partial charge in [-0.2, -0.15) is 10.4 Å². The molecule has 0 radical (unpaired) electrons. The molecule has 5 rings (SSSR count). The van der Waals surface area contributed by atoms with E-state index in [-0.39, 0.29) is 23.1 Å². The van der Waals surface area contributed by atoms with Crippen LogP contribution >= 0.6 is 0 Å². The van der Waals surface area contributed by atoms with Gasteiger partial charge in [-0.05, 0) is 37.8 Å². The van der Waals surface area contributed by atoms with Gasteiger partial charge in [-0.3, -0.25) is 9.59 Å². The van der Waals surface area contributed by atoms with Crippen molar-refractivity contribution in [2.75, 3.05) is 12.3 Å². The van der Waals surface area contributed by atoms with Crippen LogP contribution in [0.1, 0.15) is 35.5 Å². The van der Waals surface area contributed by atoms with Crippen LogP contribution in [0, 0.1) is 23.2 Å². The summed E-state index contributed by atoms with van der Waals surface area (Å²) in [5.74, 6) is -2.36. The minimum absolute atomic E-state index is 0.0427. The minimum atomic E-state index is -2.85. The number of anilines is 1. The molecule has 0 bridgehead atoms. The standard InChI is InChI=1S/C20H21N5O6/c21-8-20(14-6-5-12-17(22)23-9-24-25(12)14)16(26)15(30-19(28)11-3-4-11)13(31-20)7-29-18(27)10-1-2-10/h5-6,9-11,13,15-16,26H,1-4,7H2,(H2,22,23,24)/t13-,15-,16-,20+/m1/s1/i5D,7D2. The van der Waals surface area contributed by atoms with Crippen molar-refractivity contribution in [2.45, 2.75) is 49.6 Å². The van der Waals surface area contributed by atoms with Gasteiger partial charge in [0.1, 0.15) is 36.7 Å². The molecule has 2 aromatic heterocycles. The predicted octanol–water partition coefficient (Wildman–Crippen LogP) is 0.0651. The Kier molecular flexibility index (Phi) is 3.81. The van der Waals surface area contributed by atoms with Crippen LogP contribution in [-0.2, 0) is 29.4 Å². The fourth-order valence-electron chi connectivity index (χ4n) is 3.53. The highest BCUT2D eigenvalue weighted by Crippen LogP contribution is 2.43. The number of nitriles is 1. The number of hydrogen-bond acceptors (Lipinski definition) is 10. The summed E-state index contributed by atoms with van der Waals surface area (Å²) in [5.41, 5.74) is 3.41. The largest absolute Gasteiger partial charge is 0.463 e. The number of esters is 2. The molecule has 162 valence electrons. The number of ether oxygens (including phenoxy) is 3. The second-order valence-electron chi connectivity index (χ2n) is 7.90. The Hall–Kier alpha value is -3.23. The maximum atomic E-state index is 12.4. The summed E-state index contributed by atoms with van der Waals surface area (Å²) >= 11 is 0. The highest BCUT2D eigenvalue weighted by molar-refractivity contribution is 5.76. The van der Waals surface area contributed by atoms with Gasteiger partial charge in [0.2, 0.25) is 5.60 Å². The average Bonchev–Trinajstić information content (AvgIpc) is 3.70. The molecule has 4 atom stereocenters. The van der Waals surface area contributed by atoms with E-state index in [1.54, 1.807) is 0 Å². The van der Waals surface area contributed by atoms with E-state index in [0.29, 0.717) is 25.7 Å². The maximum absolute atomic E-state index is 12.4. The minimum Gasteiger partial charge on any atom is -0.463 e. The van der Waals surface area contributed by atoms with Gasteiger partial charge in [0.25, 0.3) is 0 Å². The molecule has 3 fully saturated rings. The fraction of sp³-hybridized carbons (Fsp3) is 0.550. The van der Waals surface area contributed by atoms with Crippen molar-refractivity contribution in [2.24, 2.45) is 11.8 Å². The Balaban J connectivity index is 1.58. The molecule has 3 aliphatic rings. The Bertz CT molecular complexity index is 1220. The molecular formula is C20H21N5O6. The first-order chi connectivity index (χ1) is 16.1. The molecule has 2 aromatic rings. The monoisotopic (exact) mass is 430 g/mol. The lowest BCUT2D eigenvalue weighted by Gasteiger charge is -2.24. The van der Waals surface area contributed by atoms with Crippen LogP contribution < -0.4 is 5.73 Å². The molecule has 0 aromatic carbocycles. The number of aliphatic hydroxyl groups excluding tert-OH is 1. The van der Waals surface area contributed by atoms with E-state index in [9.17, 15) is 20.0 Å². The maximum Gasteiger partial charge on any atom is 0.309 e. The molecule has 31 heavy (non-hydrogen) atoms. The number of rotatable bonds is 6. The first-order valence-electron chi connectivity index (χ1n) is 11.4. The van der Waals surface area contributed by atoms with Gasteiger partial charge in [-0.25, -0.2) is 9.50 Å². The summed E-state index contributed by atoms with van der Waals surface area (Å²) in [6, 6.07) is 2.84. The molecule has 0 amide bonds. The van der Waals surface area contributed by atoms with Crippen molar-refractivity contribution < 1.29 is 33.0 Å².